The third-order valence-corrected chi connectivity index (χ3v) is 2.26. The van der Waals surface area contributed by atoms with Crippen LogP contribution in [0.3, 0.4) is 0 Å². The topological polar surface area (TPSA) is 59.3 Å². The number of rotatable bonds is 4. The van der Waals surface area contributed by atoms with Gasteiger partial charge in [0.05, 0.1) is 23.3 Å². The normalized spacial score (nSPS) is 11.1. The number of halogens is 5. The number of ether oxygens (including phenoxy) is 2. The Morgan fingerprint density at radius 2 is 2.00 bits per heavy atom. The number of benzene rings is 1. The van der Waals surface area contributed by atoms with Crippen LogP contribution in [0.4, 0.5) is 22.0 Å². The quantitative estimate of drug-likeness (QED) is 0.630. The first-order valence-electron chi connectivity index (χ1n) is 5.49. The average Bonchev–Trinajstić information content (AvgIpc) is 2.35. The van der Waals surface area contributed by atoms with E-state index in [1.54, 1.807) is 0 Å². The summed E-state index contributed by atoms with van der Waals surface area (Å²) in [5.74, 6) is -2.32. The van der Waals surface area contributed by atoms with Crippen molar-refractivity contribution in [2.24, 2.45) is 0 Å². The van der Waals surface area contributed by atoms with Crippen molar-refractivity contribution in [1.82, 2.24) is 0 Å². The number of hydrogen-bond donors (Lipinski definition) is 0. The Morgan fingerprint density at radius 1 is 1.38 bits per heavy atom. The molecule has 0 fully saturated rings. The molecule has 1 aromatic rings. The zero-order valence-electron chi connectivity index (χ0n) is 10.5. The number of nitrogens with zero attached hydrogens (tertiary/aromatic N) is 1. The van der Waals surface area contributed by atoms with Crippen molar-refractivity contribution < 1.29 is 36.2 Å². The van der Waals surface area contributed by atoms with Crippen LogP contribution in [0.1, 0.15) is 34.8 Å². The highest BCUT2D eigenvalue weighted by Crippen LogP contribution is 2.36. The number of nitriles is 1. The zero-order valence-corrected chi connectivity index (χ0v) is 10.5. The van der Waals surface area contributed by atoms with Gasteiger partial charge in [-0.15, -0.1) is 13.2 Å². The molecule has 0 aliphatic rings. The number of hydrogen-bond acceptors (Lipinski definition) is 4. The van der Waals surface area contributed by atoms with Crippen LogP contribution in [0.2, 0.25) is 0 Å². The lowest BCUT2D eigenvalue weighted by atomic mass is 10.0. The molecule has 0 heterocycles. The van der Waals surface area contributed by atoms with E-state index in [-0.39, 0.29) is 6.61 Å². The van der Waals surface area contributed by atoms with Gasteiger partial charge in [0.1, 0.15) is 11.8 Å². The zero-order chi connectivity index (χ0) is 16.2. The maximum Gasteiger partial charge on any atom is 0.573 e. The largest absolute Gasteiger partial charge is 0.573 e. The van der Waals surface area contributed by atoms with Gasteiger partial charge in [-0.05, 0) is 19.1 Å². The van der Waals surface area contributed by atoms with Gasteiger partial charge in [-0.25, -0.2) is 13.6 Å². The molecule has 1 aromatic carbocycles. The summed E-state index contributed by atoms with van der Waals surface area (Å²) in [5, 5.41) is 8.86. The van der Waals surface area contributed by atoms with E-state index >= 15 is 0 Å². The second-order valence-electron chi connectivity index (χ2n) is 3.58. The van der Waals surface area contributed by atoms with Crippen molar-refractivity contribution in [2.75, 3.05) is 6.61 Å². The van der Waals surface area contributed by atoms with Crippen molar-refractivity contribution in [3.05, 3.63) is 28.8 Å². The highest BCUT2D eigenvalue weighted by Gasteiger charge is 2.35. The molecule has 0 atom stereocenters. The minimum atomic E-state index is -5.21. The fraction of sp³-hybridized carbons (Fsp3) is 0.333. The first kappa shape index (κ1) is 16.7. The number of carbonyl (C=O) groups is 1. The molecule has 0 aliphatic heterocycles. The maximum absolute atomic E-state index is 12.9. The second-order valence-corrected chi connectivity index (χ2v) is 3.58. The van der Waals surface area contributed by atoms with Gasteiger partial charge in [-0.1, -0.05) is 0 Å². The molecule has 0 bridgehead atoms. The van der Waals surface area contributed by atoms with E-state index < -0.39 is 41.2 Å². The summed E-state index contributed by atoms with van der Waals surface area (Å²) in [6, 6.07) is 2.59. The van der Waals surface area contributed by atoms with Crippen LogP contribution in [0, 0.1) is 11.3 Å². The second kappa shape index (κ2) is 6.39. The maximum atomic E-state index is 12.9. The summed E-state index contributed by atoms with van der Waals surface area (Å²) in [4.78, 5) is 11.5. The molecule has 114 valence electrons. The fourth-order valence-corrected chi connectivity index (χ4v) is 1.53. The molecular weight excluding hydrogens is 301 g/mol. The van der Waals surface area contributed by atoms with Gasteiger partial charge in [0, 0.05) is 0 Å². The Bertz CT molecular complexity index is 577. The van der Waals surface area contributed by atoms with E-state index in [1.807, 2.05) is 0 Å². The molecule has 4 nitrogen and oxygen atoms in total. The minimum Gasteiger partial charge on any atom is -0.462 e. The average molecular weight is 309 g/mol. The summed E-state index contributed by atoms with van der Waals surface area (Å²) in [6.07, 6.45) is -8.65. The van der Waals surface area contributed by atoms with Crippen LogP contribution in [0.5, 0.6) is 5.75 Å². The Morgan fingerprint density at radius 3 is 2.43 bits per heavy atom. The third kappa shape index (κ3) is 4.05. The van der Waals surface area contributed by atoms with E-state index in [2.05, 4.69) is 9.47 Å². The van der Waals surface area contributed by atoms with Gasteiger partial charge < -0.3 is 9.47 Å². The molecule has 9 heteroatoms. The van der Waals surface area contributed by atoms with Crippen molar-refractivity contribution in [3.8, 4) is 11.8 Å². The minimum absolute atomic E-state index is 0.0888. The summed E-state index contributed by atoms with van der Waals surface area (Å²) >= 11 is 0. The highest BCUT2D eigenvalue weighted by atomic mass is 19.4. The van der Waals surface area contributed by atoms with E-state index in [4.69, 9.17) is 5.26 Å². The van der Waals surface area contributed by atoms with Gasteiger partial charge in [0.15, 0.2) is 0 Å². The molecule has 0 radical (unpaired) electrons. The van der Waals surface area contributed by atoms with E-state index in [1.165, 1.54) is 13.0 Å². The van der Waals surface area contributed by atoms with Crippen molar-refractivity contribution >= 4 is 5.97 Å². The number of carbonyl (C=O) groups excluding carboxylic acids is 1. The van der Waals surface area contributed by atoms with Crippen LogP contribution in [-0.2, 0) is 4.74 Å². The van der Waals surface area contributed by atoms with Gasteiger partial charge in [0.25, 0.3) is 6.43 Å². The van der Waals surface area contributed by atoms with Crippen LogP contribution < -0.4 is 4.74 Å². The van der Waals surface area contributed by atoms with E-state index in [9.17, 15) is 26.7 Å². The third-order valence-electron chi connectivity index (χ3n) is 2.26. The Hall–Kier alpha value is -2.37. The molecule has 0 unspecified atom stereocenters. The summed E-state index contributed by atoms with van der Waals surface area (Å²) < 4.78 is 70.3. The predicted octanol–water partition coefficient (Wildman–Crippen LogP) is 3.57. The molecule has 1 rings (SSSR count). The molecule has 0 spiro atoms. The molecule has 0 saturated heterocycles. The van der Waals surface area contributed by atoms with Crippen LogP contribution in [0.25, 0.3) is 0 Å². The van der Waals surface area contributed by atoms with Gasteiger partial charge >= 0.3 is 12.3 Å². The van der Waals surface area contributed by atoms with Crippen molar-refractivity contribution in [3.63, 3.8) is 0 Å². The van der Waals surface area contributed by atoms with Crippen LogP contribution in [-0.4, -0.2) is 18.9 Å². The Kier molecular flexibility index (Phi) is 5.07. The summed E-state index contributed by atoms with van der Waals surface area (Å²) in [7, 11) is 0. The molecular formula is C12H8F5NO3. The summed E-state index contributed by atoms with van der Waals surface area (Å²) in [5.41, 5.74) is -2.77. The number of alkyl halides is 5. The lowest BCUT2D eigenvalue weighted by Crippen LogP contribution is -2.19. The lowest BCUT2D eigenvalue weighted by molar-refractivity contribution is -0.275. The summed E-state index contributed by atoms with van der Waals surface area (Å²) in [6.45, 7) is 1.35. The molecule has 21 heavy (non-hydrogen) atoms. The predicted molar refractivity (Wildman–Crippen MR) is 58.8 cm³/mol. The smallest absolute Gasteiger partial charge is 0.462 e. The first-order valence-corrected chi connectivity index (χ1v) is 5.49. The van der Waals surface area contributed by atoms with Gasteiger partial charge in [-0.2, -0.15) is 5.26 Å². The molecule has 0 amide bonds. The Labute approximate surface area is 115 Å². The van der Waals surface area contributed by atoms with Crippen LogP contribution in [0.15, 0.2) is 12.1 Å². The fourth-order valence-electron chi connectivity index (χ4n) is 1.53. The monoisotopic (exact) mass is 309 g/mol. The molecule has 0 aromatic heterocycles. The van der Waals surface area contributed by atoms with E-state index in [0.717, 1.165) is 6.07 Å². The standard InChI is InChI=1S/C12H8F5NO3/c1-2-20-11(19)6-3-4-8(21-12(15,16)17)9(10(13)14)7(6)5-18/h3-4,10H,2H2,1H3. The van der Waals surface area contributed by atoms with Crippen molar-refractivity contribution in [2.45, 2.75) is 19.7 Å². The van der Waals surface area contributed by atoms with Crippen LogP contribution >= 0.6 is 0 Å². The highest BCUT2D eigenvalue weighted by molar-refractivity contribution is 5.93. The molecule has 0 N–H and O–H groups in total. The molecule has 0 aliphatic carbocycles. The Balaban J connectivity index is 3.46. The molecule has 0 saturated carbocycles. The first-order chi connectivity index (χ1) is 9.71. The number of esters is 1. The van der Waals surface area contributed by atoms with Gasteiger partial charge in [0.2, 0.25) is 0 Å². The van der Waals surface area contributed by atoms with Crippen molar-refractivity contribution in [1.29, 1.82) is 5.26 Å². The SMILES string of the molecule is CCOC(=O)c1ccc(OC(F)(F)F)c(C(F)F)c1C#N. The lowest BCUT2D eigenvalue weighted by Gasteiger charge is -2.15. The van der Waals surface area contributed by atoms with Gasteiger partial charge in [-0.3, -0.25) is 0 Å². The van der Waals surface area contributed by atoms with E-state index in [0.29, 0.717) is 6.07 Å².